The molecule has 0 aliphatic rings. The number of halogens is 3. The number of hydrogen-bond acceptors (Lipinski definition) is 6. The molecule has 3 rings (SSSR count). The number of hydrogen-bond donors (Lipinski definition) is 2. The summed E-state index contributed by atoms with van der Waals surface area (Å²) in [5.74, 6) is -1.66. The molecule has 0 fully saturated rings. The van der Waals surface area contributed by atoms with Crippen LogP contribution >= 0.6 is 0 Å². The molecule has 180 valence electrons. The molecule has 0 saturated carbocycles. The van der Waals surface area contributed by atoms with Gasteiger partial charge in [0, 0.05) is 28.6 Å². The van der Waals surface area contributed by atoms with E-state index in [1.807, 2.05) is 0 Å². The number of non-ortho nitro benzene ring substituents is 1. The number of nitro groups is 2. The average molecular weight is 488 g/mol. The third-order valence-corrected chi connectivity index (χ3v) is 4.85. The Kier molecular flexibility index (Phi) is 6.80. The van der Waals surface area contributed by atoms with E-state index in [1.165, 1.54) is 37.3 Å². The molecule has 3 aromatic carbocycles. The van der Waals surface area contributed by atoms with Crippen LogP contribution in [0.25, 0.3) is 0 Å². The lowest BCUT2D eigenvalue weighted by molar-refractivity contribution is -0.394. The third-order valence-electron chi connectivity index (χ3n) is 4.85. The van der Waals surface area contributed by atoms with Gasteiger partial charge < -0.3 is 10.6 Å². The molecule has 0 aliphatic heterocycles. The van der Waals surface area contributed by atoms with Gasteiger partial charge in [0.1, 0.15) is 0 Å². The normalized spacial score (nSPS) is 11.0. The van der Waals surface area contributed by atoms with Crippen LogP contribution in [-0.2, 0) is 6.18 Å². The molecule has 2 N–H and O–H groups in total. The zero-order chi connectivity index (χ0) is 25.9. The van der Waals surface area contributed by atoms with Gasteiger partial charge in [0.05, 0.1) is 27.0 Å². The number of carbonyl (C=O) groups is 2. The number of nitrogens with one attached hydrogen (secondary N) is 2. The Hall–Kier alpha value is -4.81. The number of amides is 2. The van der Waals surface area contributed by atoms with Gasteiger partial charge in [-0.2, -0.15) is 13.2 Å². The zero-order valence-corrected chi connectivity index (χ0v) is 17.8. The minimum atomic E-state index is -4.59. The first-order chi connectivity index (χ1) is 16.4. The summed E-state index contributed by atoms with van der Waals surface area (Å²) in [4.78, 5) is 45.9. The molecule has 0 bridgehead atoms. The first-order valence-corrected chi connectivity index (χ1v) is 9.70. The van der Waals surface area contributed by atoms with Crippen LogP contribution in [-0.4, -0.2) is 21.7 Å². The molecular weight excluding hydrogens is 473 g/mol. The van der Waals surface area contributed by atoms with Crippen molar-refractivity contribution in [1.29, 1.82) is 0 Å². The minimum absolute atomic E-state index is 0.0121. The highest BCUT2D eigenvalue weighted by atomic mass is 19.4. The quantitative estimate of drug-likeness (QED) is 0.354. The maximum atomic E-state index is 12.9. The van der Waals surface area contributed by atoms with Crippen molar-refractivity contribution < 1.29 is 32.6 Å². The maximum Gasteiger partial charge on any atom is 0.416 e. The Bertz CT molecular complexity index is 1360. The van der Waals surface area contributed by atoms with E-state index in [0.717, 1.165) is 30.3 Å². The standard InChI is InChI=1S/C22H15F3N4O6/c1-12-18(10-17(28(32)33)11-19(12)29(34)35)21(31)27-15-6-2-4-13(8-15)20(30)26-16-7-3-5-14(9-16)22(23,24)25/h2-11H,1H3,(H,26,30)(H,27,31). The second-order valence-corrected chi connectivity index (χ2v) is 7.22. The van der Waals surface area contributed by atoms with E-state index >= 15 is 0 Å². The first-order valence-electron chi connectivity index (χ1n) is 9.70. The van der Waals surface area contributed by atoms with E-state index in [0.29, 0.717) is 0 Å². The average Bonchev–Trinajstić information content (AvgIpc) is 2.78. The monoisotopic (exact) mass is 488 g/mol. The van der Waals surface area contributed by atoms with Gasteiger partial charge in [0.15, 0.2) is 0 Å². The smallest absolute Gasteiger partial charge is 0.322 e. The second-order valence-electron chi connectivity index (χ2n) is 7.22. The number of nitro benzene ring substituents is 2. The van der Waals surface area contributed by atoms with Gasteiger partial charge in [-0.05, 0) is 43.3 Å². The highest BCUT2D eigenvalue weighted by Gasteiger charge is 2.30. The third kappa shape index (κ3) is 5.76. The molecule has 0 unspecified atom stereocenters. The first kappa shape index (κ1) is 24.8. The lowest BCUT2D eigenvalue weighted by Crippen LogP contribution is -2.16. The number of nitrogens with zero attached hydrogens (tertiary/aromatic N) is 2. The molecule has 0 saturated heterocycles. The van der Waals surface area contributed by atoms with Crippen molar-refractivity contribution in [1.82, 2.24) is 0 Å². The fraction of sp³-hybridized carbons (Fsp3) is 0.0909. The van der Waals surface area contributed by atoms with Crippen molar-refractivity contribution in [2.45, 2.75) is 13.1 Å². The zero-order valence-electron chi connectivity index (χ0n) is 17.8. The summed E-state index contributed by atoms with van der Waals surface area (Å²) in [5.41, 5.74) is -2.67. The summed E-state index contributed by atoms with van der Waals surface area (Å²) < 4.78 is 38.6. The van der Waals surface area contributed by atoms with Crippen LogP contribution in [0.15, 0.2) is 60.7 Å². The van der Waals surface area contributed by atoms with Gasteiger partial charge in [0.25, 0.3) is 23.2 Å². The van der Waals surface area contributed by atoms with Gasteiger partial charge in [-0.1, -0.05) is 12.1 Å². The Labute approximate surface area is 194 Å². The van der Waals surface area contributed by atoms with Gasteiger partial charge in [-0.15, -0.1) is 0 Å². The number of benzene rings is 3. The van der Waals surface area contributed by atoms with Crippen LogP contribution in [0.3, 0.4) is 0 Å². The number of alkyl halides is 3. The Morgan fingerprint density at radius 1 is 0.829 bits per heavy atom. The fourth-order valence-corrected chi connectivity index (χ4v) is 3.13. The Morgan fingerprint density at radius 3 is 2.03 bits per heavy atom. The molecule has 10 nitrogen and oxygen atoms in total. The molecule has 35 heavy (non-hydrogen) atoms. The predicted molar refractivity (Wildman–Crippen MR) is 118 cm³/mol. The van der Waals surface area contributed by atoms with Crippen LogP contribution in [0.2, 0.25) is 0 Å². The van der Waals surface area contributed by atoms with Crippen LogP contribution in [0.1, 0.15) is 31.8 Å². The van der Waals surface area contributed by atoms with Crippen LogP contribution in [0.4, 0.5) is 35.9 Å². The summed E-state index contributed by atoms with van der Waals surface area (Å²) in [6.07, 6.45) is -4.59. The van der Waals surface area contributed by atoms with Crippen molar-refractivity contribution in [3.8, 4) is 0 Å². The number of rotatable bonds is 6. The van der Waals surface area contributed by atoms with E-state index in [9.17, 15) is 43.0 Å². The lowest BCUT2D eigenvalue weighted by atomic mass is 10.0. The molecule has 0 aromatic heterocycles. The topological polar surface area (TPSA) is 144 Å². The Balaban J connectivity index is 1.84. The summed E-state index contributed by atoms with van der Waals surface area (Å²) in [6.45, 7) is 1.26. The minimum Gasteiger partial charge on any atom is -0.322 e. The second kappa shape index (κ2) is 9.59. The predicted octanol–water partition coefficient (Wildman–Crippen LogP) is 5.33. The van der Waals surface area contributed by atoms with Crippen molar-refractivity contribution >= 4 is 34.6 Å². The van der Waals surface area contributed by atoms with Crippen molar-refractivity contribution in [2.75, 3.05) is 10.6 Å². The van der Waals surface area contributed by atoms with Crippen LogP contribution in [0, 0.1) is 27.2 Å². The molecule has 0 aliphatic carbocycles. The van der Waals surface area contributed by atoms with Gasteiger partial charge in [-0.3, -0.25) is 29.8 Å². The van der Waals surface area contributed by atoms with E-state index in [-0.39, 0.29) is 28.1 Å². The van der Waals surface area contributed by atoms with E-state index < -0.39 is 44.8 Å². The van der Waals surface area contributed by atoms with Crippen molar-refractivity contribution in [2.24, 2.45) is 0 Å². The maximum absolute atomic E-state index is 12.9. The SMILES string of the molecule is Cc1c(C(=O)Nc2cccc(C(=O)Nc3cccc(C(F)(F)F)c3)c2)cc([N+](=O)[O-])cc1[N+](=O)[O-]. The highest BCUT2D eigenvalue weighted by Crippen LogP contribution is 2.31. The van der Waals surface area contributed by atoms with Gasteiger partial charge in [0.2, 0.25) is 0 Å². The molecule has 3 aromatic rings. The number of carbonyl (C=O) groups excluding carboxylic acids is 2. The molecule has 0 atom stereocenters. The number of anilines is 2. The highest BCUT2D eigenvalue weighted by molar-refractivity contribution is 6.08. The van der Waals surface area contributed by atoms with Gasteiger partial charge in [-0.25, -0.2) is 0 Å². The van der Waals surface area contributed by atoms with E-state index in [2.05, 4.69) is 10.6 Å². The molecule has 0 radical (unpaired) electrons. The summed E-state index contributed by atoms with van der Waals surface area (Å²) >= 11 is 0. The molecule has 13 heteroatoms. The van der Waals surface area contributed by atoms with Crippen LogP contribution < -0.4 is 10.6 Å². The fourth-order valence-electron chi connectivity index (χ4n) is 3.13. The molecule has 2 amide bonds. The largest absolute Gasteiger partial charge is 0.416 e. The van der Waals surface area contributed by atoms with Crippen LogP contribution in [0.5, 0.6) is 0 Å². The Morgan fingerprint density at radius 2 is 1.43 bits per heavy atom. The van der Waals surface area contributed by atoms with Crippen molar-refractivity contribution in [3.05, 3.63) is 103 Å². The molecular formula is C22H15F3N4O6. The summed E-state index contributed by atoms with van der Waals surface area (Å²) in [7, 11) is 0. The van der Waals surface area contributed by atoms with Crippen molar-refractivity contribution in [3.63, 3.8) is 0 Å². The van der Waals surface area contributed by atoms with Gasteiger partial charge >= 0.3 is 6.18 Å². The summed E-state index contributed by atoms with van der Waals surface area (Å²) in [6, 6.07) is 11.0. The molecule has 0 heterocycles. The lowest BCUT2D eigenvalue weighted by Gasteiger charge is -2.11. The van der Waals surface area contributed by atoms with E-state index in [1.54, 1.807) is 0 Å². The van der Waals surface area contributed by atoms with E-state index in [4.69, 9.17) is 0 Å². The molecule has 0 spiro atoms. The summed E-state index contributed by atoms with van der Waals surface area (Å²) in [5, 5.41) is 27.1.